The van der Waals surface area contributed by atoms with Crippen LogP contribution in [0.5, 0.6) is 0 Å². The molecule has 23 heavy (non-hydrogen) atoms. The SMILES string of the molecule is COC(=O)[C@@H](N)CCC(=O)Cc1cc(Cl)c(C)c(S(=O)(=O)O)c1. The van der Waals surface area contributed by atoms with Crippen LogP contribution in [-0.4, -0.2) is 37.9 Å². The minimum Gasteiger partial charge on any atom is -0.468 e. The van der Waals surface area contributed by atoms with Crippen molar-refractivity contribution in [1.82, 2.24) is 0 Å². The second-order valence-electron chi connectivity index (χ2n) is 5.06. The number of Topliss-reactive ketones (excluding diaryl/α,β-unsaturated/α-hetero) is 1. The Bertz CT molecular complexity index is 716. The van der Waals surface area contributed by atoms with Crippen LogP contribution in [0.25, 0.3) is 0 Å². The predicted molar refractivity (Wildman–Crippen MR) is 83.9 cm³/mol. The van der Waals surface area contributed by atoms with Crippen molar-refractivity contribution >= 4 is 33.5 Å². The number of ether oxygens (including phenoxy) is 1. The van der Waals surface area contributed by atoms with Crippen molar-refractivity contribution in [3.8, 4) is 0 Å². The average molecular weight is 364 g/mol. The third-order valence-electron chi connectivity index (χ3n) is 3.27. The van der Waals surface area contributed by atoms with Crippen LogP contribution in [-0.2, 0) is 30.9 Å². The summed E-state index contributed by atoms with van der Waals surface area (Å²) in [6, 6.07) is 1.78. The van der Waals surface area contributed by atoms with Crippen molar-refractivity contribution in [3.05, 3.63) is 28.3 Å². The molecule has 0 unspecified atom stereocenters. The lowest BCUT2D eigenvalue weighted by Gasteiger charge is -2.10. The van der Waals surface area contributed by atoms with E-state index in [9.17, 15) is 22.6 Å². The van der Waals surface area contributed by atoms with E-state index in [4.69, 9.17) is 17.3 Å². The van der Waals surface area contributed by atoms with Gasteiger partial charge in [0.1, 0.15) is 11.8 Å². The number of nitrogens with two attached hydrogens (primary N) is 1. The van der Waals surface area contributed by atoms with Crippen molar-refractivity contribution < 1.29 is 27.3 Å². The summed E-state index contributed by atoms with van der Waals surface area (Å²) in [6.45, 7) is 1.45. The van der Waals surface area contributed by atoms with Gasteiger partial charge in [-0.1, -0.05) is 11.6 Å². The molecule has 0 aromatic heterocycles. The van der Waals surface area contributed by atoms with Crippen molar-refractivity contribution in [2.24, 2.45) is 5.73 Å². The van der Waals surface area contributed by atoms with Gasteiger partial charge in [0.2, 0.25) is 0 Å². The highest BCUT2D eigenvalue weighted by Crippen LogP contribution is 2.25. The lowest BCUT2D eigenvalue weighted by molar-refractivity contribution is -0.142. The van der Waals surface area contributed by atoms with E-state index in [1.165, 1.54) is 26.2 Å². The molecule has 0 saturated carbocycles. The number of esters is 1. The first-order valence-corrected chi connectivity index (χ1v) is 8.49. The molecule has 0 heterocycles. The van der Waals surface area contributed by atoms with E-state index in [1.807, 2.05) is 0 Å². The van der Waals surface area contributed by atoms with Crippen LogP contribution in [0.4, 0.5) is 0 Å². The molecule has 0 saturated heterocycles. The summed E-state index contributed by atoms with van der Waals surface area (Å²) in [4.78, 5) is 22.7. The van der Waals surface area contributed by atoms with E-state index in [2.05, 4.69) is 4.74 Å². The summed E-state index contributed by atoms with van der Waals surface area (Å²) in [6.07, 6.45) is 0.0651. The highest BCUT2D eigenvalue weighted by molar-refractivity contribution is 7.85. The zero-order valence-electron chi connectivity index (χ0n) is 12.7. The van der Waals surface area contributed by atoms with Gasteiger partial charge < -0.3 is 10.5 Å². The highest BCUT2D eigenvalue weighted by Gasteiger charge is 2.19. The molecule has 1 aromatic carbocycles. The maximum absolute atomic E-state index is 11.9. The second-order valence-corrected chi connectivity index (χ2v) is 6.86. The van der Waals surface area contributed by atoms with Crippen LogP contribution in [0.15, 0.2) is 17.0 Å². The number of rotatable bonds is 7. The average Bonchev–Trinajstić information content (AvgIpc) is 2.46. The predicted octanol–water partition coefficient (Wildman–Crippen LogP) is 1.29. The Hall–Kier alpha value is -1.48. The van der Waals surface area contributed by atoms with Gasteiger partial charge in [0, 0.05) is 17.9 Å². The minimum absolute atomic E-state index is 0.0307. The number of carbonyl (C=O) groups is 2. The maximum atomic E-state index is 11.9. The molecule has 1 atom stereocenters. The fourth-order valence-corrected chi connectivity index (χ4v) is 3.07. The Morgan fingerprint density at radius 1 is 1.39 bits per heavy atom. The molecule has 0 aliphatic heterocycles. The third-order valence-corrected chi connectivity index (χ3v) is 4.65. The zero-order valence-corrected chi connectivity index (χ0v) is 14.3. The van der Waals surface area contributed by atoms with Gasteiger partial charge in [-0.3, -0.25) is 14.1 Å². The summed E-state index contributed by atoms with van der Waals surface area (Å²) < 4.78 is 36.3. The number of halogens is 1. The Balaban J connectivity index is 2.84. The Labute approximate surface area is 139 Å². The fourth-order valence-electron chi connectivity index (χ4n) is 1.98. The van der Waals surface area contributed by atoms with Crippen molar-refractivity contribution in [1.29, 1.82) is 0 Å². The quantitative estimate of drug-likeness (QED) is 0.552. The molecule has 0 radical (unpaired) electrons. The molecule has 7 nitrogen and oxygen atoms in total. The van der Waals surface area contributed by atoms with Crippen LogP contribution < -0.4 is 5.73 Å². The summed E-state index contributed by atoms with van der Waals surface area (Å²) in [5.41, 5.74) is 6.09. The molecule has 1 rings (SSSR count). The number of hydrogen-bond donors (Lipinski definition) is 2. The molecule has 0 aliphatic carbocycles. The number of ketones is 1. The molecule has 0 aliphatic rings. The molecule has 0 spiro atoms. The van der Waals surface area contributed by atoms with E-state index < -0.39 is 22.1 Å². The molecule has 1 aromatic rings. The first-order chi connectivity index (χ1) is 10.6. The first-order valence-electron chi connectivity index (χ1n) is 6.68. The highest BCUT2D eigenvalue weighted by atomic mass is 35.5. The Morgan fingerprint density at radius 2 is 2.00 bits per heavy atom. The number of carbonyl (C=O) groups excluding carboxylic acids is 2. The molecule has 128 valence electrons. The van der Waals surface area contributed by atoms with Gasteiger partial charge in [-0.15, -0.1) is 0 Å². The molecular formula is C14H18ClNO6S. The third kappa shape index (κ3) is 5.58. The zero-order chi connectivity index (χ0) is 17.8. The molecular weight excluding hydrogens is 346 g/mol. The fraction of sp³-hybridized carbons (Fsp3) is 0.429. The van der Waals surface area contributed by atoms with Gasteiger partial charge in [0.25, 0.3) is 10.1 Å². The maximum Gasteiger partial charge on any atom is 0.322 e. The molecule has 3 N–H and O–H groups in total. The Kier molecular flexibility index (Phi) is 6.69. The normalized spacial score (nSPS) is 12.7. The minimum atomic E-state index is -4.43. The van der Waals surface area contributed by atoms with Gasteiger partial charge in [0.05, 0.1) is 12.0 Å². The van der Waals surface area contributed by atoms with Gasteiger partial charge in [0.15, 0.2) is 0 Å². The van der Waals surface area contributed by atoms with Crippen molar-refractivity contribution in [2.75, 3.05) is 7.11 Å². The largest absolute Gasteiger partial charge is 0.468 e. The van der Waals surface area contributed by atoms with E-state index in [-0.39, 0.29) is 40.5 Å². The van der Waals surface area contributed by atoms with Gasteiger partial charge in [-0.25, -0.2) is 0 Å². The van der Waals surface area contributed by atoms with Crippen LogP contribution in [0.3, 0.4) is 0 Å². The van der Waals surface area contributed by atoms with Gasteiger partial charge in [-0.2, -0.15) is 8.42 Å². The monoisotopic (exact) mass is 363 g/mol. The van der Waals surface area contributed by atoms with Crippen LogP contribution in [0, 0.1) is 6.92 Å². The van der Waals surface area contributed by atoms with Crippen LogP contribution in [0.2, 0.25) is 5.02 Å². The van der Waals surface area contributed by atoms with Crippen LogP contribution >= 0.6 is 11.6 Å². The summed E-state index contributed by atoms with van der Waals surface area (Å²) in [5, 5.41) is 0.134. The van der Waals surface area contributed by atoms with E-state index in [1.54, 1.807) is 0 Å². The molecule has 0 bridgehead atoms. The standard InChI is InChI=1S/C14H18ClNO6S/c1-8-11(15)6-9(7-13(8)23(19,20)21)5-10(17)3-4-12(16)14(18)22-2/h6-7,12H,3-5,16H2,1-2H3,(H,19,20,21)/t12-/m0/s1. The van der Waals surface area contributed by atoms with Crippen molar-refractivity contribution in [3.63, 3.8) is 0 Å². The molecule has 0 amide bonds. The van der Waals surface area contributed by atoms with E-state index in [0.29, 0.717) is 5.56 Å². The van der Waals surface area contributed by atoms with E-state index >= 15 is 0 Å². The van der Waals surface area contributed by atoms with Gasteiger partial charge in [-0.05, 0) is 36.6 Å². The number of hydrogen-bond acceptors (Lipinski definition) is 6. The number of benzene rings is 1. The molecule has 0 fully saturated rings. The van der Waals surface area contributed by atoms with Crippen molar-refractivity contribution in [2.45, 2.75) is 37.1 Å². The van der Waals surface area contributed by atoms with Gasteiger partial charge >= 0.3 is 5.97 Å². The number of methoxy groups -OCH3 is 1. The Morgan fingerprint density at radius 3 is 2.52 bits per heavy atom. The summed E-state index contributed by atoms with van der Waals surface area (Å²) >= 11 is 5.93. The van der Waals surface area contributed by atoms with E-state index in [0.717, 1.165) is 0 Å². The first kappa shape index (κ1) is 19.6. The molecule has 9 heteroatoms. The summed E-state index contributed by atoms with van der Waals surface area (Å²) in [7, 11) is -3.23. The lowest BCUT2D eigenvalue weighted by atomic mass is 10.0. The second kappa shape index (κ2) is 7.87. The smallest absolute Gasteiger partial charge is 0.322 e. The van der Waals surface area contributed by atoms with Crippen LogP contribution in [0.1, 0.15) is 24.0 Å². The summed E-state index contributed by atoms with van der Waals surface area (Å²) in [5.74, 6) is -0.851. The lowest BCUT2D eigenvalue weighted by Crippen LogP contribution is -2.32. The topological polar surface area (TPSA) is 124 Å².